The van der Waals surface area contributed by atoms with Crippen molar-refractivity contribution in [1.82, 2.24) is 0 Å². The SMILES string of the molecule is Cc1cc(C(C)(C)c2ccc(O)cc2)cc(C)c1NC(=O)OC1CCC(C(C)(C)C)CC1. The van der Waals surface area contributed by atoms with Gasteiger partial charge in [-0.1, -0.05) is 58.9 Å². The minimum Gasteiger partial charge on any atom is -0.508 e. The highest BCUT2D eigenvalue weighted by Crippen LogP contribution is 2.39. The Hall–Kier alpha value is -2.49. The highest BCUT2D eigenvalue weighted by atomic mass is 16.6. The highest BCUT2D eigenvalue weighted by molar-refractivity contribution is 5.87. The van der Waals surface area contributed by atoms with Crippen LogP contribution in [0.4, 0.5) is 10.5 Å². The normalized spacial score (nSPS) is 19.5. The third-order valence-electron chi connectivity index (χ3n) is 7.24. The summed E-state index contributed by atoms with van der Waals surface area (Å²) >= 11 is 0. The molecule has 0 spiro atoms. The van der Waals surface area contributed by atoms with Crippen molar-refractivity contribution in [3.8, 4) is 5.75 Å². The zero-order chi connectivity index (χ0) is 23.7. The molecule has 2 aromatic rings. The maximum absolute atomic E-state index is 12.6. The number of rotatable bonds is 4. The molecule has 0 radical (unpaired) electrons. The lowest BCUT2D eigenvalue weighted by Gasteiger charge is -2.36. The number of nitrogens with one attached hydrogen (secondary N) is 1. The third-order valence-corrected chi connectivity index (χ3v) is 7.24. The molecular formula is C28H39NO3. The first-order valence-electron chi connectivity index (χ1n) is 11.8. The van der Waals surface area contributed by atoms with Crippen molar-refractivity contribution in [3.05, 3.63) is 58.7 Å². The van der Waals surface area contributed by atoms with Crippen LogP contribution >= 0.6 is 0 Å². The Kier molecular flexibility index (Phi) is 6.92. The van der Waals surface area contributed by atoms with Crippen LogP contribution in [0.2, 0.25) is 0 Å². The number of anilines is 1. The van der Waals surface area contributed by atoms with Crippen LogP contribution in [0.5, 0.6) is 5.75 Å². The number of phenols is 1. The van der Waals surface area contributed by atoms with Crippen molar-refractivity contribution in [3.63, 3.8) is 0 Å². The summed E-state index contributed by atoms with van der Waals surface area (Å²) in [6.45, 7) is 15.3. The van der Waals surface area contributed by atoms with Gasteiger partial charge >= 0.3 is 6.09 Å². The van der Waals surface area contributed by atoms with Crippen LogP contribution in [0, 0.1) is 25.2 Å². The maximum atomic E-state index is 12.6. The molecule has 1 amide bonds. The molecule has 0 unspecified atom stereocenters. The Morgan fingerprint density at radius 2 is 1.44 bits per heavy atom. The molecule has 0 heterocycles. The minimum absolute atomic E-state index is 0.00177. The summed E-state index contributed by atoms with van der Waals surface area (Å²) in [7, 11) is 0. The fourth-order valence-corrected chi connectivity index (χ4v) is 4.90. The first kappa shape index (κ1) is 24.2. The van der Waals surface area contributed by atoms with Crippen LogP contribution in [-0.4, -0.2) is 17.3 Å². The zero-order valence-corrected chi connectivity index (χ0v) is 20.7. The minimum atomic E-state index is -0.360. The van der Waals surface area contributed by atoms with Crippen molar-refractivity contribution >= 4 is 11.8 Å². The Morgan fingerprint density at radius 3 is 1.94 bits per heavy atom. The summed E-state index contributed by atoms with van der Waals surface area (Å²) in [4.78, 5) is 12.6. The largest absolute Gasteiger partial charge is 0.508 e. The second-order valence-corrected chi connectivity index (χ2v) is 11.0. The van der Waals surface area contributed by atoms with Crippen LogP contribution in [0.1, 0.15) is 82.6 Å². The number of hydrogen-bond donors (Lipinski definition) is 2. The highest BCUT2D eigenvalue weighted by Gasteiger charge is 2.31. The summed E-state index contributed by atoms with van der Waals surface area (Å²) in [5, 5.41) is 12.6. The number of ether oxygens (including phenoxy) is 1. The molecule has 0 saturated heterocycles. The van der Waals surface area contributed by atoms with Crippen LogP contribution in [-0.2, 0) is 10.2 Å². The van der Waals surface area contributed by atoms with E-state index in [1.807, 2.05) is 26.0 Å². The number of aromatic hydroxyl groups is 1. The van der Waals surface area contributed by atoms with Crippen LogP contribution < -0.4 is 5.32 Å². The summed E-state index contributed by atoms with van der Waals surface area (Å²) in [6, 6.07) is 11.6. The van der Waals surface area contributed by atoms with Gasteiger partial charge in [0.1, 0.15) is 11.9 Å². The topological polar surface area (TPSA) is 58.6 Å². The van der Waals surface area contributed by atoms with E-state index in [9.17, 15) is 9.90 Å². The smallest absolute Gasteiger partial charge is 0.411 e. The fraction of sp³-hybridized carbons (Fsp3) is 0.536. The second kappa shape index (κ2) is 9.17. The number of amides is 1. The number of carbonyl (C=O) groups excluding carboxylic acids is 1. The summed E-state index contributed by atoms with van der Waals surface area (Å²) in [6.07, 6.45) is 3.74. The van der Waals surface area contributed by atoms with Crippen molar-refractivity contribution in [2.24, 2.45) is 11.3 Å². The number of benzene rings is 2. The van der Waals surface area contributed by atoms with E-state index in [2.05, 4.69) is 52.1 Å². The molecule has 0 atom stereocenters. The third kappa shape index (κ3) is 5.46. The van der Waals surface area contributed by atoms with Gasteiger partial charge in [-0.2, -0.15) is 0 Å². The Bertz CT molecular complexity index is 923. The van der Waals surface area contributed by atoms with Crippen molar-refractivity contribution in [2.45, 2.75) is 85.7 Å². The van der Waals surface area contributed by atoms with E-state index in [4.69, 9.17) is 4.74 Å². The van der Waals surface area contributed by atoms with Gasteiger partial charge < -0.3 is 9.84 Å². The quantitative estimate of drug-likeness (QED) is 0.521. The van der Waals surface area contributed by atoms with E-state index in [0.29, 0.717) is 11.3 Å². The molecule has 174 valence electrons. The molecule has 1 fully saturated rings. The lowest BCUT2D eigenvalue weighted by atomic mass is 9.72. The van der Waals surface area contributed by atoms with E-state index in [0.717, 1.165) is 53.6 Å². The second-order valence-electron chi connectivity index (χ2n) is 11.0. The predicted octanol–water partition coefficient (Wildman–Crippen LogP) is 7.49. The molecule has 1 aliphatic carbocycles. The summed E-state index contributed by atoms with van der Waals surface area (Å²) < 4.78 is 5.77. The van der Waals surface area contributed by atoms with Gasteiger partial charge in [0.25, 0.3) is 0 Å². The van der Waals surface area contributed by atoms with E-state index in [-0.39, 0.29) is 23.4 Å². The molecule has 2 N–H and O–H groups in total. The van der Waals surface area contributed by atoms with Gasteiger partial charge in [-0.3, -0.25) is 5.32 Å². The van der Waals surface area contributed by atoms with Crippen molar-refractivity contribution in [2.75, 3.05) is 5.32 Å². The molecule has 1 saturated carbocycles. The predicted molar refractivity (Wildman–Crippen MR) is 131 cm³/mol. The molecule has 0 bridgehead atoms. The summed E-state index contributed by atoms with van der Waals surface area (Å²) in [5.74, 6) is 0.959. The van der Waals surface area contributed by atoms with Crippen LogP contribution in [0.3, 0.4) is 0 Å². The van der Waals surface area contributed by atoms with Crippen LogP contribution in [0.15, 0.2) is 36.4 Å². The van der Waals surface area contributed by atoms with Gasteiger partial charge in [-0.05, 0) is 85.3 Å². The Balaban J connectivity index is 1.68. The summed E-state index contributed by atoms with van der Waals surface area (Å²) in [5.41, 5.74) is 5.23. The molecule has 32 heavy (non-hydrogen) atoms. The lowest BCUT2D eigenvalue weighted by molar-refractivity contribution is 0.0528. The number of hydrogen-bond acceptors (Lipinski definition) is 3. The van der Waals surface area contributed by atoms with E-state index >= 15 is 0 Å². The zero-order valence-electron chi connectivity index (χ0n) is 20.7. The van der Waals surface area contributed by atoms with Gasteiger partial charge in [0.05, 0.1) is 0 Å². The average Bonchev–Trinajstić information content (AvgIpc) is 2.70. The molecule has 4 heteroatoms. The van der Waals surface area contributed by atoms with Crippen molar-refractivity contribution in [1.29, 1.82) is 0 Å². The first-order valence-corrected chi connectivity index (χ1v) is 11.8. The molecular weight excluding hydrogens is 398 g/mol. The molecule has 0 aliphatic heterocycles. The standard InChI is InChI=1S/C28H39NO3/c1-18-16-22(28(6,7)21-8-12-23(30)13-9-21)17-19(2)25(18)29-26(31)32-24-14-10-20(11-15-24)27(3,4)5/h8-9,12-13,16-17,20,24,30H,10-11,14-15H2,1-7H3,(H,29,31). The monoisotopic (exact) mass is 437 g/mol. The Morgan fingerprint density at radius 1 is 0.906 bits per heavy atom. The lowest BCUT2D eigenvalue weighted by Crippen LogP contribution is -2.31. The molecule has 0 aromatic heterocycles. The van der Waals surface area contributed by atoms with Crippen LogP contribution in [0.25, 0.3) is 0 Å². The molecule has 4 nitrogen and oxygen atoms in total. The fourth-order valence-electron chi connectivity index (χ4n) is 4.90. The van der Waals surface area contributed by atoms with Crippen molar-refractivity contribution < 1.29 is 14.6 Å². The molecule has 3 rings (SSSR count). The number of phenolic OH excluding ortho intramolecular Hbond substituents is 1. The number of carbonyl (C=O) groups is 1. The Labute approximate surface area is 193 Å². The van der Waals surface area contributed by atoms with Gasteiger partial charge in [0, 0.05) is 11.1 Å². The van der Waals surface area contributed by atoms with E-state index in [1.165, 1.54) is 0 Å². The van der Waals surface area contributed by atoms with Gasteiger partial charge in [0.15, 0.2) is 0 Å². The van der Waals surface area contributed by atoms with Gasteiger partial charge in [0.2, 0.25) is 0 Å². The number of aryl methyl sites for hydroxylation is 2. The van der Waals surface area contributed by atoms with E-state index in [1.54, 1.807) is 12.1 Å². The average molecular weight is 438 g/mol. The van der Waals surface area contributed by atoms with Gasteiger partial charge in [-0.15, -0.1) is 0 Å². The van der Waals surface area contributed by atoms with E-state index < -0.39 is 0 Å². The first-order chi connectivity index (χ1) is 14.9. The molecule has 2 aromatic carbocycles. The molecule has 1 aliphatic rings. The van der Waals surface area contributed by atoms with Gasteiger partial charge in [-0.25, -0.2) is 4.79 Å². The maximum Gasteiger partial charge on any atom is 0.411 e.